The molecule has 6 rings (SSSR count). The van der Waals surface area contributed by atoms with Gasteiger partial charge < -0.3 is 9.84 Å². The maximum Gasteiger partial charge on any atom is 0.416 e. The van der Waals surface area contributed by atoms with Gasteiger partial charge in [-0.25, -0.2) is 4.68 Å². The molecule has 244 valence electrons. The number of rotatable bonds is 7. The van der Waals surface area contributed by atoms with Crippen molar-refractivity contribution >= 4 is 35.0 Å². The van der Waals surface area contributed by atoms with E-state index in [9.17, 15) is 22.8 Å². The maximum absolute atomic E-state index is 12.8. The Bertz CT molecular complexity index is 2050. The third-order valence-electron chi connectivity index (χ3n) is 7.16. The highest BCUT2D eigenvalue weighted by atomic mass is 35.5. The third kappa shape index (κ3) is 8.61. The summed E-state index contributed by atoms with van der Waals surface area (Å²) in [6.45, 7) is 1.99. The van der Waals surface area contributed by atoms with Crippen molar-refractivity contribution in [2.75, 3.05) is 11.6 Å². The number of nitrogens with zero attached hydrogens (tertiary/aromatic N) is 3. The van der Waals surface area contributed by atoms with Gasteiger partial charge in [-0.3, -0.25) is 9.59 Å². The first-order chi connectivity index (χ1) is 23.0. The van der Waals surface area contributed by atoms with Crippen LogP contribution in [0.15, 0.2) is 130 Å². The Balaban J connectivity index is 0.000000206. The molecule has 2 heterocycles. The minimum absolute atomic E-state index is 0.136. The van der Waals surface area contributed by atoms with E-state index in [-0.39, 0.29) is 16.8 Å². The summed E-state index contributed by atoms with van der Waals surface area (Å²) in [6, 6.07) is 31.4. The average molecular weight is 689 g/mol. The minimum Gasteiger partial charge on any atom is -0.361 e. The van der Waals surface area contributed by atoms with Crippen molar-refractivity contribution in [2.45, 2.75) is 24.5 Å². The van der Waals surface area contributed by atoms with Gasteiger partial charge in [-0.05, 0) is 72.8 Å². The van der Waals surface area contributed by atoms with E-state index >= 15 is 0 Å². The number of aryl methyl sites for hydroxylation is 1. The zero-order chi connectivity index (χ0) is 34.3. The summed E-state index contributed by atoms with van der Waals surface area (Å²) in [4.78, 5) is 25.8. The molecule has 0 aliphatic rings. The van der Waals surface area contributed by atoms with Crippen LogP contribution in [0.2, 0.25) is 5.02 Å². The van der Waals surface area contributed by atoms with Crippen LogP contribution < -0.4 is 10.9 Å². The molecule has 0 bridgehead atoms. The number of carbonyl (C=O) groups is 1. The highest BCUT2D eigenvalue weighted by Gasteiger charge is 2.30. The highest BCUT2D eigenvalue weighted by Crippen LogP contribution is 2.32. The quantitative estimate of drug-likeness (QED) is 0.168. The number of aromatic nitrogens is 3. The first-order valence-electron chi connectivity index (χ1n) is 14.5. The lowest BCUT2D eigenvalue weighted by Crippen LogP contribution is -2.23. The number of hydrogen-bond donors (Lipinski definition) is 1. The van der Waals surface area contributed by atoms with Crippen molar-refractivity contribution < 1.29 is 22.5 Å². The molecule has 0 aliphatic carbocycles. The lowest BCUT2D eigenvalue weighted by Gasteiger charge is -2.13. The monoisotopic (exact) mass is 688 g/mol. The number of amides is 1. The zero-order valence-electron chi connectivity index (χ0n) is 25.7. The lowest BCUT2D eigenvalue weighted by molar-refractivity contribution is -0.137. The van der Waals surface area contributed by atoms with E-state index in [1.165, 1.54) is 27.9 Å². The molecule has 0 saturated carbocycles. The fraction of sp³-hybridized carbons (Fsp3) is 0.111. The van der Waals surface area contributed by atoms with E-state index in [1.54, 1.807) is 24.8 Å². The van der Waals surface area contributed by atoms with Crippen molar-refractivity contribution in [1.29, 1.82) is 0 Å². The predicted molar refractivity (Wildman–Crippen MR) is 182 cm³/mol. The van der Waals surface area contributed by atoms with Crippen molar-refractivity contribution in [1.82, 2.24) is 14.9 Å². The molecule has 6 aromatic rings. The summed E-state index contributed by atoms with van der Waals surface area (Å²) >= 11 is 7.74. The molecular weight excluding hydrogens is 661 g/mol. The van der Waals surface area contributed by atoms with Crippen molar-refractivity contribution in [2.24, 2.45) is 0 Å². The molecule has 48 heavy (non-hydrogen) atoms. The van der Waals surface area contributed by atoms with Gasteiger partial charge in [-0.15, -0.1) is 11.8 Å². The Morgan fingerprint density at radius 1 is 0.917 bits per heavy atom. The van der Waals surface area contributed by atoms with E-state index in [2.05, 4.69) is 22.6 Å². The first kappa shape index (κ1) is 34.2. The van der Waals surface area contributed by atoms with Gasteiger partial charge in [-0.2, -0.15) is 18.3 Å². The summed E-state index contributed by atoms with van der Waals surface area (Å²) in [5.74, 6) is -0.150. The number of carbonyl (C=O) groups excluding carboxylic acids is 1. The van der Waals surface area contributed by atoms with E-state index in [1.807, 2.05) is 73.0 Å². The van der Waals surface area contributed by atoms with Gasteiger partial charge in [0.05, 0.1) is 24.0 Å². The number of anilines is 1. The molecule has 1 amide bonds. The number of alkyl halides is 3. The molecule has 0 radical (unpaired) electrons. The second kappa shape index (κ2) is 15.2. The van der Waals surface area contributed by atoms with Crippen LogP contribution in [0.1, 0.15) is 27.2 Å². The van der Waals surface area contributed by atoms with Crippen LogP contribution in [-0.2, 0) is 12.7 Å². The van der Waals surface area contributed by atoms with Crippen LogP contribution in [0.25, 0.3) is 22.4 Å². The Labute approximate surface area is 283 Å². The zero-order valence-corrected chi connectivity index (χ0v) is 27.2. The van der Waals surface area contributed by atoms with Crippen LogP contribution in [0.3, 0.4) is 0 Å². The fourth-order valence-corrected chi connectivity index (χ4v) is 5.16. The Morgan fingerprint density at radius 3 is 2.15 bits per heavy atom. The Hall–Kier alpha value is -5.13. The lowest BCUT2D eigenvalue weighted by atomic mass is 10.00. The van der Waals surface area contributed by atoms with E-state index in [4.69, 9.17) is 21.2 Å². The molecule has 12 heteroatoms. The van der Waals surface area contributed by atoms with Crippen LogP contribution in [0.4, 0.5) is 18.9 Å². The molecule has 0 saturated heterocycles. The van der Waals surface area contributed by atoms with Crippen molar-refractivity contribution in [3.8, 4) is 22.4 Å². The van der Waals surface area contributed by atoms with Gasteiger partial charge in [0.15, 0.2) is 0 Å². The second-order valence-corrected chi connectivity index (χ2v) is 11.8. The summed E-state index contributed by atoms with van der Waals surface area (Å²) in [6.07, 6.45) is -1.10. The standard InChI is InChI=1S/C24H19ClN2OS.C12H9F3N2O2/c1-29-21-13-9-19(10-14-21)24-22(18-7-11-20(25)12-8-18)15-23(28)27(26-24)16-17-5-3-2-4-6-17;1-7-10(6-16-19-7)11(18)17-9-4-2-8(3-5-9)12(13,14)15/h2-15H,16H2,1H3;2-6H,1H3,(H,17,18). The van der Waals surface area contributed by atoms with Gasteiger partial charge in [0.2, 0.25) is 0 Å². The maximum atomic E-state index is 12.8. The predicted octanol–water partition coefficient (Wildman–Crippen LogP) is 9.26. The van der Waals surface area contributed by atoms with Crippen molar-refractivity contribution in [3.63, 3.8) is 0 Å². The molecule has 0 fully saturated rings. The summed E-state index contributed by atoms with van der Waals surface area (Å²) < 4.78 is 43.3. The SMILES string of the molecule is CSc1ccc(-c2nn(Cc3ccccc3)c(=O)cc2-c2ccc(Cl)cc2)cc1.Cc1oncc1C(=O)Nc1ccc(C(F)(F)F)cc1. The molecule has 7 nitrogen and oxygen atoms in total. The molecule has 0 unspecified atom stereocenters. The normalized spacial score (nSPS) is 11.0. The first-order valence-corrected chi connectivity index (χ1v) is 16.1. The van der Waals surface area contributed by atoms with Crippen LogP contribution in [0.5, 0.6) is 0 Å². The molecule has 0 atom stereocenters. The van der Waals surface area contributed by atoms with E-state index in [0.29, 0.717) is 17.3 Å². The topological polar surface area (TPSA) is 90.0 Å². The van der Waals surface area contributed by atoms with Gasteiger partial charge in [0.1, 0.15) is 11.3 Å². The third-order valence-corrected chi connectivity index (χ3v) is 8.15. The highest BCUT2D eigenvalue weighted by molar-refractivity contribution is 7.98. The number of thioether (sulfide) groups is 1. The van der Waals surface area contributed by atoms with Gasteiger partial charge in [0, 0.05) is 32.8 Å². The smallest absolute Gasteiger partial charge is 0.361 e. The van der Waals surface area contributed by atoms with E-state index in [0.717, 1.165) is 40.1 Å². The van der Waals surface area contributed by atoms with Gasteiger partial charge in [-0.1, -0.05) is 71.4 Å². The minimum atomic E-state index is -4.40. The molecule has 2 aromatic heterocycles. The van der Waals surface area contributed by atoms with Crippen LogP contribution in [0, 0.1) is 6.92 Å². The average Bonchev–Trinajstić information content (AvgIpc) is 3.52. The largest absolute Gasteiger partial charge is 0.416 e. The molecule has 4 aromatic carbocycles. The Kier molecular flexibility index (Phi) is 10.8. The molecular formula is C36H28ClF3N4O3S. The second-order valence-electron chi connectivity index (χ2n) is 10.4. The summed E-state index contributed by atoms with van der Waals surface area (Å²) in [7, 11) is 0. The molecule has 0 spiro atoms. The summed E-state index contributed by atoms with van der Waals surface area (Å²) in [5.41, 5.74) is 4.08. The van der Waals surface area contributed by atoms with Crippen LogP contribution in [-0.4, -0.2) is 27.1 Å². The summed E-state index contributed by atoms with van der Waals surface area (Å²) in [5, 5.41) is 11.3. The van der Waals surface area contributed by atoms with E-state index < -0.39 is 17.6 Å². The number of benzene rings is 4. The number of halogens is 4. The number of hydrogen-bond acceptors (Lipinski definition) is 6. The van der Waals surface area contributed by atoms with Gasteiger partial charge in [0.25, 0.3) is 11.5 Å². The fourth-order valence-electron chi connectivity index (χ4n) is 4.63. The van der Waals surface area contributed by atoms with Crippen molar-refractivity contribution in [3.05, 3.63) is 153 Å². The van der Waals surface area contributed by atoms with Crippen LogP contribution >= 0.6 is 23.4 Å². The molecule has 1 N–H and O–H groups in total. The Morgan fingerprint density at radius 2 is 1.56 bits per heavy atom. The number of nitrogens with one attached hydrogen (secondary N) is 1. The molecule has 0 aliphatic heterocycles. The van der Waals surface area contributed by atoms with Gasteiger partial charge >= 0.3 is 6.18 Å².